The van der Waals surface area contributed by atoms with Crippen LogP contribution in [-0.2, 0) is 13.0 Å². The second kappa shape index (κ2) is 5.71. The number of hydrogen-bond donors (Lipinski definition) is 1. The topological polar surface area (TPSA) is 65.4 Å². The first kappa shape index (κ1) is 12.6. The minimum absolute atomic E-state index is 0.430. The Labute approximate surface area is 117 Å². The van der Waals surface area contributed by atoms with Crippen LogP contribution in [0.1, 0.15) is 11.4 Å². The van der Waals surface area contributed by atoms with Gasteiger partial charge in [-0.25, -0.2) is 4.98 Å². The number of pyridine rings is 2. The van der Waals surface area contributed by atoms with Gasteiger partial charge in [-0.2, -0.15) is 0 Å². The van der Waals surface area contributed by atoms with Crippen molar-refractivity contribution in [1.82, 2.24) is 14.4 Å². The summed E-state index contributed by atoms with van der Waals surface area (Å²) in [5, 5.41) is 0. The molecule has 0 amide bonds. The summed E-state index contributed by atoms with van der Waals surface area (Å²) in [4.78, 5) is 8.77. The Morgan fingerprint density at radius 2 is 2.10 bits per heavy atom. The van der Waals surface area contributed by atoms with Crippen molar-refractivity contribution in [2.45, 2.75) is 13.0 Å². The molecule has 0 unspecified atom stereocenters. The van der Waals surface area contributed by atoms with E-state index >= 15 is 0 Å². The van der Waals surface area contributed by atoms with Crippen LogP contribution in [0.5, 0.6) is 5.75 Å². The van der Waals surface area contributed by atoms with Gasteiger partial charge in [0.25, 0.3) is 0 Å². The number of aromatic nitrogens is 3. The molecule has 20 heavy (non-hydrogen) atoms. The summed E-state index contributed by atoms with van der Waals surface area (Å²) in [6.45, 7) is 1.04. The highest BCUT2D eigenvalue weighted by Gasteiger charge is 2.02. The van der Waals surface area contributed by atoms with Crippen molar-refractivity contribution in [1.29, 1.82) is 0 Å². The highest BCUT2D eigenvalue weighted by Crippen LogP contribution is 2.12. The highest BCUT2D eigenvalue weighted by atomic mass is 16.5. The van der Waals surface area contributed by atoms with E-state index in [0.29, 0.717) is 13.2 Å². The average molecular weight is 268 g/mol. The summed E-state index contributed by atoms with van der Waals surface area (Å²) < 4.78 is 7.66. The molecule has 0 bridgehead atoms. The summed E-state index contributed by atoms with van der Waals surface area (Å²) in [5.41, 5.74) is 8.28. The third-order valence-corrected chi connectivity index (χ3v) is 3.00. The molecule has 0 saturated heterocycles. The maximum absolute atomic E-state index is 5.69. The second-order valence-electron chi connectivity index (χ2n) is 4.51. The summed E-state index contributed by atoms with van der Waals surface area (Å²) in [5.74, 6) is 0.739. The van der Waals surface area contributed by atoms with Crippen LogP contribution in [0, 0.1) is 0 Å². The Hall–Kier alpha value is -2.40. The van der Waals surface area contributed by atoms with Crippen molar-refractivity contribution in [2.24, 2.45) is 5.73 Å². The predicted molar refractivity (Wildman–Crippen MR) is 76.5 cm³/mol. The summed E-state index contributed by atoms with van der Waals surface area (Å²) >= 11 is 0. The van der Waals surface area contributed by atoms with Gasteiger partial charge < -0.3 is 14.9 Å². The quantitative estimate of drug-likeness (QED) is 0.766. The summed E-state index contributed by atoms with van der Waals surface area (Å²) in [6, 6.07) is 9.75. The average Bonchev–Trinajstić information content (AvgIpc) is 2.90. The first-order chi connectivity index (χ1) is 9.85. The number of hydrogen-bond acceptors (Lipinski definition) is 4. The molecular weight excluding hydrogens is 252 g/mol. The van der Waals surface area contributed by atoms with E-state index in [1.165, 1.54) is 0 Å². The molecule has 0 saturated carbocycles. The van der Waals surface area contributed by atoms with Crippen LogP contribution in [0.4, 0.5) is 0 Å². The normalized spacial score (nSPS) is 10.8. The lowest BCUT2D eigenvalue weighted by atomic mass is 10.3. The number of imidazole rings is 1. The Kier molecular flexibility index (Phi) is 3.60. The fourth-order valence-electron chi connectivity index (χ4n) is 2.01. The number of fused-ring (bicyclic) bond motifs is 1. The first-order valence-corrected chi connectivity index (χ1v) is 6.55. The molecular formula is C15H16N4O. The predicted octanol–water partition coefficient (Wildman–Crippen LogP) is 1.81. The second-order valence-corrected chi connectivity index (χ2v) is 4.51. The van der Waals surface area contributed by atoms with Crippen molar-refractivity contribution in [3.05, 3.63) is 60.3 Å². The van der Waals surface area contributed by atoms with E-state index in [9.17, 15) is 0 Å². The van der Waals surface area contributed by atoms with Crippen molar-refractivity contribution in [3.63, 3.8) is 0 Å². The molecule has 3 aromatic rings. The molecule has 0 atom stereocenters. The van der Waals surface area contributed by atoms with Gasteiger partial charge in [0.05, 0.1) is 11.9 Å². The summed E-state index contributed by atoms with van der Waals surface area (Å²) in [7, 11) is 0. The van der Waals surface area contributed by atoms with Gasteiger partial charge in [0, 0.05) is 24.5 Å². The smallest absolute Gasteiger partial charge is 0.138 e. The SMILES string of the molecule is NCCc1ccc(OCc2cn3ccccc3n2)cn1. The van der Waals surface area contributed by atoms with Crippen LogP contribution in [0.2, 0.25) is 0 Å². The van der Waals surface area contributed by atoms with Crippen LogP contribution in [-0.4, -0.2) is 20.9 Å². The Morgan fingerprint density at radius 1 is 1.15 bits per heavy atom. The van der Waals surface area contributed by atoms with E-state index in [-0.39, 0.29) is 0 Å². The Morgan fingerprint density at radius 3 is 2.85 bits per heavy atom. The third-order valence-electron chi connectivity index (χ3n) is 3.00. The standard InChI is InChI=1S/C15H16N4O/c16-7-6-12-4-5-14(9-17-12)20-11-13-10-19-8-2-1-3-15(19)18-13/h1-5,8-10H,6-7,11,16H2. The molecule has 102 valence electrons. The van der Waals surface area contributed by atoms with Gasteiger partial charge in [0.1, 0.15) is 18.0 Å². The van der Waals surface area contributed by atoms with Gasteiger partial charge in [0.2, 0.25) is 0 Å². The molecule has 0 radical (unpaired) electrons. The first-order valence-electron chi connectivity index (χ1n) is 6.55. The van der Waals surface area contributed by atoms with Gasteiger partial charge in [-0.05, 0) is 30.8 Å². The third kappa shape index (κ3) is 2.78. The monoisotopic (exact) mass is 268 g/mol. The fraction of sp³-hybridized carbons (Fsp3) is 0.200. The van der Waals surface area contributed by atoms with Gasteiger partial charge >= 0.3 is 0 Å². The molecule has 3 heterocycles. The lowest BCUT2D eigenvalue weighted by Crippen LogP contribution is -2.04. The van der Waals surface area contributed by atoms with Crippen molar-refractivity contribution in [3.8, 4) is 5.75 Å². The largest absolute Gasteiger partial charge is 0.486 e. The van der Waals surface area contributed by atoms with Gasteiger partial charge in [-0.1, -0.05) is 6.07 Å². The van der Waals surface area contributed by atoms with E-state index in [1.807, 2.05) is 47.1 Å². The van der Waals surface area contributed by atoms with E-state index < -0.39 is 0 Å². The Bertz CT molecular complexity index is 657. The molecule has 5 nitrogen and oxygen atoms in total. The van der Waals surface area contributed by atoms with E-state index in [1.54, 1.807) is 6.20 Å². The zero-order valence-corrected chi connectivity index (χ0v) is 11.1. The van der Waals surface area contributed by atoms with Crippen LogP contribution in [0.3, 0.4) is 0 Å². The van der Waals surface area contributed by atoms with Gasteiger partial charge in [0.15, 0.2) is 0 Å². The van der Waals surface area contributed by atoms with E-state index in [4.69, 9.17) is 10.5 Å². The minimum atomic E-state index is 0.430. The highest BCUT2D eigenvalue weighted by molar-refractivity contribution is 5.39. The van der Waals surface area contributed by atoms with Gasteiger partial charge in [-0.15, -0.1) is 0 Å². The van der Waals surface area contributed by atoms with Gasteiger partial charge in [-0.3, -0.25) is 4.98 Å². The van der Waals surface area contributed by atoms with E-state index in [2.05, 4.69) is 9.97 Å². The van der Waals surface area contributed by atoms with E-state index in [0.717, 1.165) is 29.2 Å². The molecule has 0 aliphatic heterocycles. The van der Waals surface area contributed by atoms with Crippen LogP contribution in [0.15, 0.2) is 48.9 Å². The molecule has 0 aromatic carbocycles. The van der Waals surface area contributed by atoms with Crippen molar-refractivity contribution in [2.75, 3.05) is 6.54 Å². The molecule has 2 N–H and O–H groups in total. The fourth-order valence-corrected chi connectivity index (χ4v) is 2.01. The van der Waals surface area contributed by atoms with Crippen LogP contribution in [0.25, 0.3) is 5.65 Å². The number of nitrogens with zero attached hydrogens (tertiary/aromatic N) is 3. The maximum atomic E-state index is 5.69. The van der Waals surface area contributed by atoms with Crippen molar-refractivity contribution >= 4 is 5.65 Å². The molecule has 5 heteroatoms. The Balaban J connectivity index is 1.66. The number of ether oxygens (including phenoxy) is 1. The molecule has 0 spiro atoms. The zero-order chi connectivity index (χ0) is 13.8. The number of rotatable bonds is 5. The molecule has 0 aliphatic carbocycles. The summed E-state index contributed by atoms with van der Waals surface area (Å²) in [6.07, 6.45) is 6.44. The number of nitrogens with two attached hydrogens (primary N) is 1. The zero-order valence-electron chi connectivity index (χ0n) is 11.1. The van der Waals surface area contributed by atoms with Crippen molar-refractivity contribution < 1.29 is 4.74 Å². The molecule has 0 aliphatic rings. The minimum Gasteiger partial charge on any atom is -0.486 e. The lowest BCUT2D eigenvalue weighted by molar-refractivity contribution is 0.300. The maximum Gasteiger partial charge on any atom is 0.138 e. The lowest BCUT2D eigenvalue weighted by Gasteiger charge is -2.04. The molecule has 3 rings (SSSR count). The van der Waals surface area contributed by atoms with Crippen LogP contribution < -0.4 is 10.5 Å². The molecule has 0 fully saturated rings. The van der Waals surface area contributed by atoms with Crippen LogP contribution >= 0.6 is 0 Å². The molecule has 3 aromatic heterocycles.